The number of amides is 1. The summed E-state index contributed by atoms with van der Waals surface area (Å²) in [7, 11) is 0. The molecule has 0 heterocycles. The van der Waals surface area contributed by atoms with E-state index in [0.717, 1.165) is 19.4 Å². The molecular formula is C8H15NO2. The molecule has 11 heavy (non-hydrogen) atoms. The molecule has 0 atom stereocenters. The van der Waals surface area contributed by atoms with Gasteiger partial charge in [-0.2, -0.15) is 0 Å². The molecule has 0 saturated heterocycles. The first-order valence-electron chi connectivity index (χ1n) is 4.17. The summed E-state index contributed by atoms with van der Waals surface area (Å²) in [4.78, 5) is 10.8. The first kappa shape index (κ1) is 8.53. The predicted molar refractivity (Wildman–Crippen MR) is 42.0 cm³/mol. The summed E-state index contributed by atoms with van der Waals surface area (Å²) in [5.74, 6) is 0.617. The monoisotopic (exact) mass is 157 g/mol. The fourth-order valence-corrected chi connectivity index (χ4v) is 1.25. The Morgan fingerprint density at radius 2 is 2.27 bits per heavy atom. The summed E-state index contributed by atoms with van der Waals surface area (Å²) in [5, 5.41) is 11.7. The zero-order valence-electron chi connectivity index (χ0n) is 6.84. The van der Waals surface area contributed by atoms with Crippen LogP contribution in [0.4, 0.5) is 0 Å². The maximum Gasteiger partial charge on any atom is 0.219 e. The third kappa shape index (κ3) is 2.50. The van der Waals surface area contributed by atoms with Crippen LogP contribution in [0.3, 0.4) is 0 Å². The maximum atomic E-state index is 10.8. The van der Waals surface area contributed by atoms with Crippen LogP contribution in [0.15, 0.2) is 0 Å². The van der Waals surface area contributed by atoms with Gasteiger partial charge in [-0.1, -0.05) is 6.92 Å². The average molecular weight is 157 g/mol. The van der Waals surface area contributed by atoms with E-state index in [1.807, 2.05) is 6.92 Å². The molecule has 3 heteroatoms. The van der Waals surface area contributed by atoms with E-state index >= 15 is 0 Å². The van der Waals surface area contributed by atoms with Gasteiger partial charge < -0.3 is 10.4 Å². The Labute approximate surface area is 66.8 Å². The van der Waals surface area contributed by atoms with Crippen molar-refractivity contribution in [3.8, 4) is 0 Å². The lowest BCUT2D eigenvalue weighted by Crippen LogP contribution is -2.38. The van der Waals surface area contributed by atoms with Gasteiger partial charge in [0, 0.05) is 13.0 Å². The van der Waals surface area contributed by atoms with Crippen molar-refractivity contribution in [3.05, 3.63) is 0 Å². The Balaban J connectivity index is 2.00. The lowest BCUT2D eigenvalue weighted by Gasteiger charge is -2.31. The third-order valence-corrected chi connectivity index (χ3v) is 2.12. The van der Waals surface area contributed by atoms with Crippen LogP contribution in [-0.4, -0.2) is 23.7 Å². The highest BCUT2D eigenvalue weighted by molar-refractivity contribution is 5.75. The van der Waals surface area contributed by atoms with Crippen LogP contribution in [0, 0.1) is 5.92 Å². The standard InChI is InChI=1S/C8H15NO2/c1-2-8(11)9-5-6-3-7(10)4-6/h6-7,10H,2-5H2,1H3,(H,9,11). The van der Waals surface area contributed by atoms with Crippen molar-refractivity contribution in [1.82, 2.24) is 5.32 Å². The first-order chi connectivity index (χ1) is 5.22. The molecule has 0 spiro atoms. The number of nitrogens with one attached hydrogen (secondary N) is 1. The zero-order chi connectivity index (χ0) is 8.27. The smallest absolute Gasteiger partial charge is 0.219 e. The van der Waals surface area contributed by atoms with Gasteiger partial charge in [0.2, 0.25) is 5.91 Å². The van der Waals surface area contributed by atoms with Crippen molar-refractivity contribution in [2.45, 2.75) is 32.3 Å². The molecule has 0 aromatic heterocycles. The van der Waals surface area contributed by atoms with E-state index in [-0.39, 0.29) is 12.0 Å². The van der Waals surface area contributed by atoms with Crippen molar-refractivity contribution < 1.29 is 9.90 Å². The number of carbonyl (C=O) groups is 1. The summed E-state index contributed by atoms with van der Waals surface area (Å²) in [5.41, 5.74) is 0. The minimum atomic E-state index is -0.112. The van der Waals surface area contributed by atoms with Gasteiger partial charge in [0.25, 0.3) is 0 Å². The molecular weight excluding hydrogens is 142 g/mol. The Bertz CT molecular complexity index is 141. The number of rotatable bonds is 3. The van der Waals surface area contributed by atoms with Crippen LogP contribution in [-0.2, 0) is 4.79 Å². The molecule has 3 nitrogen and oxygen atoms in total. The van der Waals surface area contributed by atoms with Crippen LogP contribution in [0.25, 0.3) is 0 Å². The fourth-order valence-electron chi connectivity index (χ4n) is 1.25. The van der Waals surface area contributed by atoms with Crippen molar-refractivity contribution >= 4 is 5.91 Å². The number of carbonyl (C=O) groups excluding carboxylic acids is 1. The molecule has 0 radical (unpaired) electrons. The number of hydrogen-bond donors (Lipinski definition) is 2. The summed E-state index contributed by atoms with van der Waals surface area (Å²) in [6.45, 7) is 2.58. The SMILES string of the molecule is CCC(=O)NCC1CC(O)C1. The summed E-state index contributed by atoms with van der Waals surface area (Å²) in [6.07, 6.45) is 2.14. The highest BCUT2D eigenvalue weighted by atomic mass is 16.3. The Hall–Kier alpha value is -0.570. The van der Waals surface area contributed by atoms with E-state index in [2.05, 4.69) is 5.32 Å². The van der Waals surface area contributed by atoms with Crippen LogP contribution in [0.1, 0.15) is 26.2 Å². The van der Waals surface area contributed by atoms with Crippen molar-refractivity contribution in [2.24, 2.45) is 5.92 Å². The second-order valence-electron chi connectivity index (χ2n) is 3.15. The molecule has 0 aromatic carbocycles. The Kier molecular flexibility index (Phi) is 2.88. The van der Waals surface area contributed by atoms with E-state index in [9.17, 15) is 4.79 Å². The molecule has 0 aromatic rings. The second-order valence-corrected chi connectivity index (χ2v) is 3.15. The van der Waals surface area contributed by atoms with Crippen molar-refractivity contribution in [1.29, 1.82) is 0 Å². The molecule has 2 N–H and O–H groups in total. The molecule has 1 saturated carbocycles. The minimum Gasteiger partial charge on any atom is -0.393 e. The molecule has 0 aliphatic heterocycles. The van der Waals surface area contributed by atoms with E-state index in [0.29, 0.717) is 12.3 Å². The molecule has 1 aliphatic carbocycles. The van der Waals surface area contributed by atoms with Gasteiger partial charge in [0.05, 0.1) is 6.10 Å². The summed E-state index contributed by atoms with van der Waals surface area (Å²) in [6, 6.07) is 0. The van der Waals surface area contributed by atoms with Gasteiger partial charge >= 0.3 is 0 Å². The van der Waals surface area contributed by atoms with Gasteiger partial charge in [0.1, 0.15) is 0 Å². The van der Waals surface area contributed by atoms with Gasteiger partial charge in [-0.15, -0.1) is 0 Å². The summed E-state index contributed by atoms with van der Waals surface area (Å²) >= 11 is 0. The number of hydrogen-bond acceptors (Lipinski definition) is 2. The molecule has 64 valence electrons. The molecule has 1 fully saturated rings. The maximum absolute atomic E-state index is 10.8. The van der Waals surface area contributed by atoms with Crippen LogP contribution in [0.2, 0.25) is 0 Å². The van der Waals surface area contributed by atoms with Crippen LogP contribution >= 0.6 is 0 Å². The molecule has 1 aliphatic rings. The average Bonchev–Trinajstić information content (AvgIpc) is 1.95. The highest BCUT2D eigenvalue weighted by Crippen LogP contribution is 2.25. The highest BCUT2D eigenvalue weighted by Gasteiger charge is 2.26. The van der Waals surface area contributed by atoms with E-state index in [1.54, 1.807) is 0 Å². The summed E-state index contributed by atoms with van der Waals surface area (Å²) < 4.78 is 0. The fraction of sp³-hybridized carbons (Fsp3) is 0.875. The normalized spacial score (nSPS) is 29.3. The lowest BCUT2D eigenvalue weighted by atomic mass is 9.82. The second kappa shape index (κ2) is 3.72. The quantitative estimate of drug-likeness (QED) is 0.618. The Morgan fingerprint density at radius 3 is 2.73 bits per heavy atom. The van der Waals surface area contributed by atoms with Gasteiger partial charge in [0.15, 0.2) is 0 Å². The first-order valence-corrected chi connectivity index (χ1v) is 4.17. The molecule has 0 bridgehead atoms. The number of aliphatic hydroxyl groups is 1. The van der Waals surface area contributed by atoms with Gasteiger partial charge in [-0.05, 0) is 18.8 Å². The largest absolute Gasteiger partial charge is 0.393 e. The minimum absolute atomic E-state index is 0.103. The van der Waals surface area contributed by atoms with Crippen molar-refractivity contribution in [3.63, 3.8) is 0 Å². The Morgan fingerprint density at radius 1 is 1.64 bits per heavy atom. The van der Waals surface area contributed by atoms with Crippen LogP contribution < -0.4 is 5.32 Å². The molecule has 1 rings (SSSR count). The lowest BCUT2D eigenvalue weighted by molar-refractivity contribution is -0.121. The topological polar surface area (TPSA) is 49.3 Å². The van der Waals surface area contributed by atoms with E-state index in [1.165, 1.54) is 0 Å². The third-order valence-electron chi connectivity index (χ3n) is 2.12. The van der Waals surface area contributed by atoms with Gasteiger partial charge in [-0.3, -0.25) is 4.79 Å². The predicted octanol–water partition coefficient (Wildman–Crippen LogP) is 0.283. The van der Waals surface area contributed by atoms with E-state index < -0.39 is 0 Å². The zero-order valence-corrected chi connectivity index (χ0v) is 6.84. The van der Waals surface area contributed by atoms with Crippen molar-refractivity contribution in [2.75, 3.05) is 6.54 Å². The van der Waals surface area contributed by atoms with Crippen LogP contribution in [0.5, 0.6) is 0 Å². The molecule has 0 unspecified atom stereocenters. The number of aliphatic hydroxyl groups excluding tert-OH is 1. The van der Waals surface area contributed by atoms with E-state index in [4.69, 9.17) is 5.11 Å². The van der Waals surface area contributed by atoms with Gasteiger partial charge in [-0.25, -0.2) is 0 Å². The molecule has 1 amide bonds.